The first-order chi connectivity index (χ1) is 10.0. The molecular weight excluding hydrogens is 290 g/mol. The van der Waals surface area contributed by atoms with Crippen LogP contribution in [-0.2, 0) is 4.79 Å². The third-order valence-corrected chi connectivity index (χ3v) is 3.80. The second-order valence-electron chi connectivity index (χ2n) is 5.53. The van der Waals surface area contributed by atoms with Crippen molar-refractivity contribution >= 4 is 23.2 Å². The molecule has 1 unspecified atom stereocenters. The van der Waals surface area contributed by atoms with E-state index in [1.165, 1.54) is 0 Å². The van der Waals surface area contributed by atoms with Gasteiger partial charge in [0.1, 0.15) is 0 Å². The summed E-state index contributed by atoms with van der Waals surface area (Å²) in [4.78, 5) is 18.3. The number of amides is 1. The fourth-order valence-electron chi connectivity index (χ4n) is 2.41. The van der Waals surface area contributed by atoms with Crippen molar-refractivity contribution in [2.45, 2.75) is 32.1 Å². The van der Waals surface area contributed by atoms with E-state index in [2.05, 4.69) is 10.1 Å². The van der Waals surface area contributed by atoms with Gasteiger partial charge in [-0.2, -0.15) is 4.98 Å². The summed E-state index contributed by atoms with van der Waals surface area (Å²) < 4.78 is 5.30. The van der Waals surface area contributed by atoms with Crippen molar-refractivity contribution in [2.24, 2.45) is 0 Å². The minimum Gasteiger partial charge on any atom is -0.339 e. The first-order valence-electron chi connectivity index (χ1n) is 6.94. The van der Waals surface area contributed by atoms with E-state index in [1.54, 1.807) is 17.0 Å². The molecule has 21 heavy (non-hydrogen) atoms. The second-order valence-corrected chi connectivity index (χ2v) is 5.97. The average Bonchev–Trinajstić information content (AvgIpc) is 3.05. The third-order valence-electron chi connectivity index (χ3n) is 3.57. The third kappa shape index (κ3) is 2.78. The summed E-state index contributed by atoms with van der Waals surface area (Å²) in [6.45, 7) is 4.55. The molecule has 1 amide bonds. The molecule has 6 heteroatoms. The largest absolute Gasteiger partial charge is 0.339 e. The fourth-order valence-corrected chi connectivity index (χ4v) is 2.60. The molecule has 1 aliphatic rings. The van der Waals surface area contributed by atoms with Crippen molar-refractivity contribution in [3.8, 4) is 0 Å². The zero-order valence-corrected chi connectivity index (χ0v) is 12.7. The Kier molecular flexibility index (Phi) is 3.68. The zero-order chi connectivity index (χ0) is 15.0. The van der Waals surface area contributed by atoms with Gasteiger partial charge in [0, 0.05) is 29.6 Å². The molecule has 1 saturated heterocycles. The Balaban J connectivity index is 1.80. The molecule has 0 bridgehead atoms. The smallest absolute Gasteiger partial charge is 0.232 e. The summed E-state index contributed by atoms with van der Waals surface area (Å²) in [7, 11) is 0. The highest BCUT2D eigenvalue weighted by Gasteiger charge is 2.35. The standard InChI is InChI=1S/C15H16ClN3O2/c1-9(2)14-17-15(21-18-14)10-6-13(20)19(8-10)12-5-3-4-11(16)7-12/h3-5,7,9-10H,6,8H2,1-2H3. The number of carbonyl (C=O) groups is 1. The molecule has 0 spiro atoms. The van der Waals surface area contributed by atoms with Crippen LogP contribution in [0.1, 0.15) is 43.8 Å². The molecule has 0 radical (unpaired) electrons. The van der Waals surface area contributed by atoms with Gasteiger partial charge < -0.3 is 9.42 Å². The second kappa shape index (κ2) is 5.48. The average molecular weight is 306 g/mol. The molecule has 1 fully saturated rings. The number of halogens is 1. The van der Waals surface area contributed by atoms with E-state index >= 15 is 0 Å². The lowest BCUT2D eigenvalue weighted by Gasteiger charge is -2.16. The lowest BCUT2D eigenvalue weighted by Crippen LogP contribution is -2.24. The molecule has 1 atom stereocenters. The number of nitrogens with zero attached hydrogens (tertiary/aromatic N) is 3. The number of anilines is 1. The van der Waals surface area contributed by atoms with Crippen LogP contribution in [0.2, 0.25) is 5.02 Å². The van der Waals surface area contributed by atoms with Crippen molar-refractivity contribution in [3.63, 3.8) is 0 Å². The maximum atomic E-state index is 12.2. The maximum absolute atomic E-state index is 12.2. The maximum Gasteiger partial charge on any atom is 0.232 e. The summed E-state index contributed by atoms with van der Waals surface area (Å²) in [6.07, 6.45) is 0.381. The summed E-state index contributed by atoms with van der Waals surface area (Å²) in [5.74, 6) is 1.42. The Morgan fingerprint density at radius 1 is 1.43 bits per heavy atom. The molecule has 2 heterocycles. The van der Waals surface area contributed by atoms with Crippen LogP contribution in [0.15, 0.2) is 28.8 Å². The molecule has 0 N–H and O–H groups in total. The van der Waals surface area contributed by atoms with Gasteiger partial charge in [0.25, 0.3) is 0 Å². The van der Waals surface area contributed by atoms with Gasteiger partial charge in [-0.15, -0.1) is 0 Å². The van der Waals surface area contributed by atoms with E-state index < -0.39 is 0 Å². The lowest BCUT2D eigenvalue weighted by molar-refractivity contribution is -0.117. The summed E-state index contributed by atoms with van der Waals surface area (Å²) in [6, 6.07) is 7.28. The van der Waals surface area contributed by atoms with E-state index in [4.69, 9.17) is 16.1 Å². The van der Waals surface area contributed by atoms with Gasteiger partial charge >= 0.3 is 0 Å². The highest BCUT2D eigenvalue weighted by atomic mass is 35.5. The van der Waals surface area contributed by atoms with Gasteiger partial charge in [0.2, 0.25) is 11.8 Å². The Labute approximate surface area is 127 Å². The summed E-state index contributed by atoms with van der Waals surface area (Å²) >= 11 is 5.98. The minimum absolute atomic E-state index is 0.0477. The topological polar surface area (TPSA) is 59.2 Å². The number of aromatic nitrogens is 2. The predicted octanol–water partition coefficient (Wildman–Crippen LogP) is 3.37. The molecule has 2 aromatic rings. The van der Waals surface area contributed by atoms with Crippen LogP contribution in [0.3, 0.4) is 0 Å². The van der Waals surface area contributed by atoms with Crippen LogP contribution in [0.25, 0.3) is 0 Å². The van der Waals surface area contributed by atoms with E-state index in [9.17, 15) is 4.79 Å². The van der Waals surface area contributed by atoms with Crippen LogP contribution in [0.4, 0.5) is 5.69 Å². The number of rotatable bonds is 3. The van der Waals surface area contributed by atoms with E-state index in [0.29, 0.717) is 29.7 Å². The first-order valence-corrected chi connectivity index (χ1v) is 7.32. The van der Waals surface area contributed by atoms with Gasteiger partial charge in [-0.05, 0) is 18.2 Å². The highest BCUT2D eigenvalue weighted by molar-refractivity contribution is 6.30. The molecule has 0 saturated carbocycles. The van der Waals surface area contributed by atoms with Crippen LogP contribution >= 0.6 is 11.6 Å². The molecule has 5 nitrogen and oxygen atoms in total. The Morgan fingerprint density at radius 2 is 2.24 bits per heavy atom. The van der Waals surface area contributed by atoms with Gasteiger partial charge in [0.05, 0.1) is 5.92 Å². The highest BCUT2D eigenvalue weighted by Crippen LogP contribution is 2.32. The van der Waals surface area contributed by atoms with Gasteiger partial charge in [0.15, 0.2) is 5.82 Å². The predicted molar refractivity (Wildman–Crippen MR) is 79.6 cm³/mol. The van der Waals surface area contributed by atoms with Crippen LogP contribution < -0.4 is 4.90 Å². The van der Waals surface area contributed by atoms with Crippen molar-refractivity contribution in [1.29, 1.82) is 0 Å². The SMILES string of the molecule is CC(C)c1noc(C2CC(=O)N(c3cccc(Cl)c3)C2)n1. The lowest BCUT2D eigenvalue weighted by atomic mass is 10.1. The van der Waals surface area contributed by atoms with E-state index in [1.807, 2.05) is 26.0 Å². The van der Waals surface area contributed by atoms with Crippen molar-refractivity contribution in [2.75, 3.05) is 11.4 Å². The van der Waals surface area contributed by atoms with E-state index in [-0.39, 0.29) is 17.7 Å². The quantitative estimate of drug-likeness (QED) is 0.872. The Morgan fingerprint density at radius 3 is 2.90 bits per heavy atom. The van der Waals surface area contributed by atoms with Crippen molar-refractivity contribution < 1.29 is 9.32 Å². The molecule has 110 valence electrons. The summed E-state index contributed by atoms with van der Waals surface area (Å²) in [5, 5.41) is 4.57. The molecule has 1 aliphatic heterocycles. The number of hydrogen-bond donors (Lipinski definition) is 0. The first kappa shape index (κ1) is 14.1. The number of benzene rings is 1. The van der Waals surface area contributed by atoms with Crippen molar-refractivity contribution in [1.82, 2.24) is 10.1 Å². The van der Waals surface area contributed by atoms with Crippen molar-refractivity contribution in [3.05, 3.63) is 41.0 Å². The Bertz CT molecular complexity index is 668. The molecule has 1 aromatic carbocycles. The van der Waals surface area contributed by atoms with Crippen LogP contribution in [-0.4, -0.2) is 22.6 Å². The number of carbonyl (C=O) groups excluding carboxylic acids is 1. The van der Waals surface area contributed by atoms with Crippen LogP contribution in [0.5, 0.6) is 0 Å². The van der Waals surface area contributed by atoms with Gasteiger partial charge in [-0.1, -0.05) is 36.7 Å². The number of hydrogen-bond acceptors (Lipinski definition) is 4. The van der Waals surface area contributed by atoms with Crippen LogP contribution in [0, 0.1) is 0 Å². The monoisotopic (exact) mass is 305 g/mol. The fraction of sp³-hybridized carbons (Fsp3) is 0.400. The zero-order valence-electron chi connectivity index (χ0n) is 11.9. The molecule has 1 aromatic heterocycles. The molecular formula is C15H16ClN3O2. The molecule has 0 aliphatic carbocycles. The molecule has 3 rings (SSSR count). The van der Waals surface area contributed by atoms with E-state index in [0.717, 1.165) is 5.69 Å². The normalized spacial score (nSPS) is 18.8. The summed E-state index contributed by atoms with van der Waals surface area (Å²) in [5.41, 5.74) is 0.804. The van der Waals surface area contributed by atoms with Gasteiger partial charge in [-0.3, -0.25) is 4.79 Å². The Hall–Kier alpha value is -1.88. The minimum atomic E-state index is -0.0588. The van der Waals surface area contributed by atoms with Gasteiger partial charge in [-0.25, -0.2) is 0 Å².